The second-order valence-corrected chi connectivity index (χ2v) is 2.45. The number of carbonyl (C=O) groups excluding carboxylic acids is 1. The predicted molar refractivity (Wildman–Crippen MR) is 45.1 cm³/mol. The third-order valence-electron chi connectivity index (χ3n) is 1.47. The van der Waals surface area contributed by atoms with Crippen LogP contribution in [0.15, 0.2) is 24.3 Å². The molecule has 1 aromatic carbocycles. The Hall–Kier alpha value is -1.84. The second kappa shape index (κ2) is 3.71. The zero-order chi connectivity index (χ0) is 9.84. The predicted octanol–water partition coefficient (Wildman–Crippen LogP) is 1.95. The Kier molecular flexibility index (Phi) is 2.64. The number of ketones is 1. The molecule has 68 valence electrons. The van der Waals surface area contributed by atoms with Gasteiger partial charge < -0.3 is 9.84 Å². The average Bonchev–Trinajstić information content (AvgIpc) is 2.04. The summed E-state index contributed by atoms with van der Waals surface area (Å²) in [6.07, 6.45) is -1.37. The van der Waals surface area contributed by atoms with Crippen LogP contribution in [0.1, 0.15) is 17.3 Å². The summed E-state index contributed by atoms with van der Waals surface area (Å²) in [4.78, 5) is 20.9. The summed E-state index contributed by atoms with van der Waals surface area (Å²) in [5.74, 6) is 0.138. The first-order valence-corrected chi connectivity index (χ1v) is 3.61. The number of carboxylic acid groups (broad SMARTS) is 1. The number of hydrogen-bond acceptors (Lipinski definition) is 3. The molecule has 1 N–H and O–H groups in total. The van der Waals surface area contributed by atoms with Gasteiger partial charge in [0.2, 0.25) is 0 Å². The van der Waals surface area contributed by atoms with Gasteiger partial charge in [0.25, 0.3) is 0 Å². The van der Waals surface area contributed by atoms with Gasteiger partial charge in [-0.25, -0.2) is 4.79 Å². The molecule has 1 rings (SSSR count). The minimum absolute atomic E-state index is 0.0677. The summed E-state index contributed by atoms with van der Waals surface area (Å²) in [6, 6.07) is 5.90. The van der Waals surface area contributed by atoms with Crippen LogP contribution in [0.4, 0.5) is 4.79 Å². The Bertz CT molecular complexity index is 326. The number of carbonyl (C=O) groups is 2. The van der Waals surface area contributed by atoms with Crippen LogP contribution in [-0.4, -0.2) is 17.0 Å². The van der Waals surface area contributed by atoms with E-state index in [1.54, 1.807) is 0 Å². The molecule has 13 heavy (non-hydrogen) atoms. The molecule has 0 atom stereocenters. The Balaban J connectivity index is 2.81. The molecule has 4 nitrogen and oxygen atoms in total. The Labute approximate surface area is 74.8 Å². The summed E-state index contributed by atoms with van der Waals surface area (Å²) in [5.41, 5.74) is 0.526. The molecule has 0 aromatic heterocycles. The van der Waals surface area contributed by atoms with Crippen LogP contribution >= 0.6 is 0 Å². The monoisotopic (exact) mass is 180 g/mol. The highest BCUT2D eigenvalue weighted by molar-refractivity contribution is 5.94. The molecule has 0 bridgehead atoms. The van der Waals surface area contributed by atoms with Crippen LogP contribution in [0.2, 0.25) is 0 Å². The van der Waals surface area contributed by atoms with E-state index in [2.05, 4.69) is 4.74 Å². The summed E-state index contributed by atoms with van der Waals surface area (Å²) in [5, 5.41) is 8.26. The van der Waals surface area contributed by atoms with E-state index in [-0.39, 0.29) is 11.5 Å². The lowest BCUT2D eigenvalue weighted by Gasteiger charge is -1.99. The third kappa shape index (κ3) is 2.59. The summed E-state index contributed by atoms with van der Waals surface area (Å²) in [6.45, 7) is 1.44. The standard InChI is InChI=1S/C9H8O4/c1-6(10)7-2-4-8(5-3-7)13-9(11)12/h2-5H,1H3,(H,11,12). The van der Waals surface area contributed by atoms with Crippen molar-refractivity contribution in [1.82, 2.24) is 0 Å². The Morgan fingerprint density at radius 1 is 1.23 bits per heavy atom. The summed E-state index contributed by atoms with van der Waals surface area (Å²) >= 11 is 0. The molecule has 0 spiro atoms. The summed E-state index contributed by atoms with van der Waals surface area (Å²) < 4.78 is 4.35. The number of ether oxygens (including phenoxy) is 1. The van der Waals surface area contributed by atoms with E-state index < -0.39 is 6.16 Å². The van der Waals surface area contributed by atoms with Crippen LogP contribution < -0.4 is 4.74 Å². The fraction of sp³-hybridized carbons (Fsp3) is 0.111. The molecule has 4 heteroatoms. The highest BCUT2D eigenvalue weighted by Gasteiger charge is 2.02. The normalized spacial score (nSPS) is 9.31. The van der Waals surface area contributed by atoms with Crippen molar-refractivity contribution in [3.63, 3.8) is 0 Å². The SMILES string of the molecule is CC(=O)c1ccc(OC(=O)O)cc1. The zero-order valence-corrected chi connectivity index (χ0v) is 6.98. The van der Waals surface area contributed by atoms with Crippen molar-refractivity contribution in [3.8, 4) is 5.75 Å². The molecule has 0 heterocycles. The van der Waals surface area contributed by atoms with E-state index in [9.17, 15) is 9.59 Å². The van der Waals surface area contributed by atoms with Crippen LogP contribution in [0.25, 0.3) is 0 Å². The first kappa shape index (κ1) is 9.25. The molecule has 0 aliphatic rings. The van der Waals surface area contributed by atoms with E-state index in [0.717, 1.165) is 0 Å². The van der Waals surface area contributed by atoms with Crippen LogP contribution in [0.5, 0.6) is 5.75 Å². The van der Waals surface area contributed by atoms with Crippen molar-refractivity contribution >= 4 is 11.9 Å². The fourth-order valence-electron chi connectivity index (χ4n) is 0.859. The van der Waals surface area contributed by atoms with Crippen molar-refractivity contribution in [2.24, 2.45) is 0 Å². The molecule has 0 fully saturated rings. The lowest BCUT2D eigenvalue weighted by molar-refractivity contribution is 0.101. The maximum atomic E-state index is 10.8. The smallest absolute Gasteiger partial charge is 0.449 e. The number of Topliss-reactive ketones (excluding diaryl/α,β-unsaturated/α-hetero) is 1. The zero-order valence-electron chi connectivity index (χ0n) is 6.98. The quantitative estimate of drug-likeness (QED) is 0.429. The van der Waals surface area contributed by atoms with Gasteiger partial charge in [0.15, 0.2) is 5.78 Å². The van der Waals surface area contributed by atoms with Crippen molar-refractivity contribution in [3.05, 3.63) is 29.8 Å². The van der Waals surface area contributed by atoms with Crippen LogP contribution in [-0.2, 0) is 0 Å². The first-order valence-electron chi connectivity index (χ1n) is 3.61. The lowest BCUT2D eigenvalue weighted by Crippen LogP contribution is -2.03. The highest BCUT2D eigenvalue weighted by Crippen LogP contribution is 2.12. The van der Waals surface area contributed by atoms with Gasteiger partial charge in [0.05, 0.1) is 0 Å². The largest absolute Gasteiger partial charge is 0.511 e. The van der Waals surface area contributed by atoms with E-state index >= 15 is 0 Å². The molecule has 0 radical (unpaired) electrons. The summed E-state index contributed by atoms with van der Waals surface area (Å²) in [7, 11) is 0. The van der Waals surface area contributed by atoms with Gasteiger partial charge >= 0.3 is 6.16 Å². The van der Waals surface area contributed by atoms with Gasteiger partial charge in [-0.3, -0.25) is 4.79 Å². The fourth-order valence-corrected chi connectivity index (χ4v) is 0.859. The molecular weight excluding hydrogens is 172 g/mol. The van der Waals surface area contributed by atoms with E-state index in [4.69, 9.17) is 5.11 Å². The van der Waals surface area contributed by atoms with Crippen LogP contribution in [0.3, 0.4) is 0 Å². The maximum absolute atomic E-state index is 10.8. The Morgan fingerprint density at radius 3 is 2.15 bits per heavy atom. The number of hydrogen-bond donors (Lipinski definition) is 1. The van der Waals surface area contributed by atoms with Gasteiger partial charge in [-0.15, -0.1) is 0 Å². The minimum atomic E-state index is -1.37. The maximum Gasteiger partial charge on any atom is 0.511 e. The molecule has 0 unspecified atom stereocenters. The topological polar surface area (TPSA) is 63.6 Å². The van der Waals surface area contributed by atoms with Crippen LogP contribution in [0, 0.1) is 0 Å². The van der Waals surface area contributed by atoms with E-state index in [1.807, 2.05) is 0 Å². The Morgan fingerprint density at radius 2 is 1.77 bits per heavy atom. The number of benzene rings is 1. The molecule has 0 amide bonds. The van der Waals surface area contributed by atoms with E-state index in [0.29, 0.717) is 5.56 Å². The molecule has 0 saturated carbocycles. The van der Waals surface area contributed by atoms with Crippen molar-refractivity contribution in [2.75, 3.05) is 0 Å². The molecular formula is C9H8O4. The first-order chi connectivity index (χ1) is 6.09. The third-order valence-corrected chi connectivity index (χ3v) is 1.47. The molecule has 0 aliphatic heterocycles. The molecule has 1 aromatic rings. The molecule has 0 saturated heterocycles. The number of rotatable bonds is 2. The average molecular weight is 180 g/mol. The highest BCUT2D eigenvalue weighted by atomic mass is 16.7. The van der Waals surface area contributed by atoms with Gasteiger partial charge in [0.1, 0.15) is 5.75 Å². The van der Waals surface area contributed by atoms with Gasteiger partial charge in [-0.05, 0) is 31.2 Å². The minimum Gasteiger partial charge on any atom is -0.449 e. The second-order valence-electron chi connectivity index (χ2n) is 2.45. The lowest BCUT2D eigenvalue weighted by atomic mass is 10.1. The van der Waals surface area contributed by atoms with E-state index in [1.165, 1.54) is 31.2 Å². The van der Waals surface area contributed by atoms with Crippen molar-refractivity contribution in [2.45, 2.75) is 6.92 Å². The van der Waals surface area contributed by atoms with Crippen molar-refractivity contribution in [1.29, 1.82) is 0 Å². The van der Waals surface area contributed by atoms with Gasteiger partial charge in [-0.2, -0.15) is 0 Å². The van der Waals surface area contributed by atoms with Gasteiger partial charge in [-0.1, -0.05) is 0 Å². The van der Waals surface area contributed by atoms with Gasteiger partial charge in [0, 0.05) is 5.56 Å². The van der Waals surface area contributed by atoms with Crippen molar-refractivity contribution < 1.29 is 19.4 Å². The molecule has 0 aliphatic carbocycles.